The van der Waals surface area contributed by atoms with Crippen molar-refractivity contribution in [1.82, 2.24) is 4.90 Å². The Morgan fingerprint density at radius 3 is 2.26 bits per heavy atom. The molecule has 31 heavy (non-hydrogen) atoms. The minimum atomic E-state index is -0.364. The van der Waals surface area contributed by atoms with Crippen LogP contribution in [0.15, 0.2) is 54.2 Å². The van der Waals surface area contributed by atoms with E-state index >= 15 is 0 Å². The average Bonchev–Trinajstić information content (AvgIpc) is 3.04. The van der Waals surface area contributed by atoms with Crippen LogP contribution in [0.2, 0.25) is 0 Å². The standard InChI is InChI=1S/C24H26N2O5/c1-16(2)31-20-7-5-4-6-19(20)26-23(27)21(17-8-10-18(29-3)11-9-17)22(24(26)28)25-12-14-30-15-13-25/h4-11,16H,12-15H2,1-3H3. The van der Waals surface area contributed by atoms with Crippen LogP contribution in [0.4, 0.5) is 5.69 Å². The highest BCUT2D eigenvalue weighted by Crippen LogP contribution is 2.39. The van der Waals surface area contributed by atoms with Gasteiger partial charge in [0.1, 0.15) is 17.2 Å². The molecule has 4 rings (SSSR count). The van der Waals surface area contributed by atoms with Crippen LogP contribution in [0.5, 0.6) is 11.5 Å². The Morgan fingerprint density at radius 2 is 1.61 bits per heavy atom. The number of nitrogens with zero attached hydrogens (tertiary/aromatic N) is 2. The first-order valence-electron chi connectivity index (χ1n) is 10.4. The lowest BCUT2D eigenvalue weighted by Gasteiger charge is -2.29. The second-order valence-corrected chi connectivity index (χ2v) is 7.63. The van der Waals surface area contributed by atoms with E-state index in [4.69, 9.17) is 14.2 Å². The third-order valence-electron chi connectivity index (χ3n) is 5.23. The van der Waals surface area contributed by atoms with Crippen LogP contribution < -0.4 is 14.4 Å². The molecule has 2 aromatic rings. The van der Waals surface area contributed by atoms with E-state index in [1.807, 2.05) is 24.8 Å². The Morgan fingerprint density at radius 1 is 0.935 bits per heavy atom. The van der Waals surface area contributed by atoms with Gasteiger partial charge in [0.2, 0.25) is 0 Å². The lowest BCUT2D eigenvalue weighted by Crippen LogP contribution is -2.40. The van der Waals surface area contributed by atoms with Crippen molar-refractivity contribution in [3.05, 3.63) is 59.8 Å². The van der Waals surface area contributed by atoms with E-state index in [1.165, 1.54) is 4.90 Å². The minimum absolute atomic E-state index is 0.0957. The number of rotatable bonds is 6. The van der Waals surface area contributed by atoms with Gasteiger partial charge in [0.15, 0.2) is 0 Å². The molecule has 1 saturated heterocycles. The average molecular weight is 422 g/mol. The van der Waals surface area contributed by atoms with Gasteiger partial charge in [-0.1, -0.05) is 24.3 Å². The summed E-state index contributed by atoms with van der Waals surface area (Å²) in [5.74, 6) is 0.465. The van der Waals surface area contributed by atoms with E-state index in [0.717, 1.165) is 0 Å². The second-order valence-electron chi connectivity index (χ2n) is 7.63. The monoisotopic (exact) mass is 422 g/mol. The number of imide groups is 1. The van der Waals surface area contributed by atoms with Crippen LogP contribution in [0.1, 0.15) is 19.4 Å². The number of anilines is 1. The summed E-state index contributed by atoms with van der Waals surface area (Å²) in [7, 11) is 1.59. The van der Waals surface area contributed by atoms with Crippen molar-refractivity contribution in [2.45, 2.75) is 20.0 Å². The van der Waals surface area contributed by atoms with Gasteiger partial charge in [-0.25, -0.2) is 4.90 Å². The number of benzene rings is 2. The highest BCUT2D eigenvalue weighted by Gasteiger charge is 2.43. The fourth-order valence-electron chi connectivity index (χ4n) is 3.83. The maximum absolute atomic E-state index is 13.7. The molecule has 1 fully saturated rings. The number of carbonyl (C=O) groups excluding carboxylic acids is 2. The van der Waals surface area contributed by atoms with E-state index in [9.17, 15) is 9.59 Å². The molecule has 7 nitrogen and oxygen atoms in total. The van der Waals surface area contributed by atoms with Gasteiger partial charge in [-0.05, 0) is 43.7 Å². The Hall–Kier alpha value is -3.32. The van der Waals surface area contributed by atoms with Gasteiger partial charge < -0.3 is 19.1 Å². The summed E-state index contributed by atoms with van der Waals surface area (Å²) in [4.78, 5) is 30.5. The van der Waals surface area contributed by atoms with Crippen molar-refractivity contribution in [3.63, 3.8) is 0 Å². The van der Waals surface area contributed by atoms with Gasteiger partial charge in [-0.15, -0.1) is 0 Å². The second kappa shape index (κ2) is 8.81. The van der Waals surface area contributed by atoms with Crippen LogP contribution in [-0.4, -0.2) is 56.2 Å². The Labute approximate surface area is 181 Å². The molecule has 0 unspecified atom stereocenters. The quantitative estimate of drug-likeness (QED) is 0.667. The molecule has 0 N–H and O–H groups in total. The lowest BCUT2D eigenvalue weighted by atomic mass is 10.0. The number of methoxy groups -OCH3 is 1. The minimum Gasteiger partial charge on any atom is -0.497 e. The van der Waals surface area contributed by atoms with E-state index in [0.29, 0.717) is 60.3 Å². The fourth-order valence-corrected chi connectivity index (χ4v) is 3.83. The van der Waals surface area contributed by atoms with Gasteiger partial charge in [-0.3, -0.25) is 9.59 Å². The zero-order valence-electron chi connectivity index (χ0n) is 18.0. The molecule has 2 aliphatic heterocycles. The topological polar surface area (TPSA) is 68.3 Å². The Bertz CT molecular complexity index is 1010. The molecule has 0 bridgehead atoms. The first kappa shape index (κ1) is 20.9. The predicted octanol–water partition coefficient (Wildman–Crippen LogP) is 3.10. The molecule has 7 heteroatoms. The van der Waals surface area contributed by atoms with E-state index < -0.39 is 0 Å². The van der Waals surface area contributed by atoms with E-state index in [2.05, 4.69) is 0 Å². The van der Waals surface area contributed by atoms with E-state index in [-0.39, 0.29) is 17.9 Å². The smallest absolute Gasteiger partial charge is 0.282 e. The molecular weight excluding hydrogens is 396 g/mol. The number of para-hydroxylation sites is 2. The summed E-state index contributed by atoms with van der Waals surface area (Å²) in [6.45, 7) is 5.93. The van der Waals surface area contributed by atoms with Crippen molar-refractivity contribution in [2.24, 2.45) is 0 Å². The summed E-state index contributed by atoms with van der Waals surface area (Å²) >= 11 is 0. The Kier molecular flexibility index (Phi) is 5.95. The van der Waals surface area contributed by atoms with Crippen molar-refractivity contribution in [3.8, 4) is 11.5 Å². The summed E-state index contributed by atoms with van der Waals surface area (Å²) in [6, 6.07) is 14.3. The third kappa shape index (κ3) is 4.01. The van der Waals surface area contributed by atoms with Gasteiger partial charge in [0, 0.05) is 13.1 Å². The molecule has 2 heterocycles. The molecule has 0 atom stereocenters. The van der Waals surface area contributed by atoms with Crippen LogP contribution in [0.25, 0.3) is 5.57 Å². The molecule has 0 aliphatic carbocycles. The van der Waals surface area contributed by atoms with Crippen LogP contribution >= 0.6 is 0 Å². The first-order chi connectivity index (χ1) is 15.0. The van der Waals surface area contributed by atoms with Crippen LogP contribution in [0, 0.1) is 0 Å². The number of morpholine rings is 1. The van der Waals surface area contributed by atoms with Gasteiger partial charge in [0.25, 0.3) is 11.8 Å². The normalized spacial score (nSPS) is 17.0. The molecule has 2 aliphatic rings. The summed E-state index contributed by atoms with van der Waals surface area (Å²) in [5, 5.41) is 0. The summed E-state index contributed by atoms with van der Waals surface area (Å²) in [5.41, 5.74) is 1.90. The van der Waals surface area contributed by atoms with Gasteiger partial charge in [-0.2, -0.15) is 0 Å². The Balaban J connectivity index is 1.81. The number of hydrogen-bond acceptors (Lipinski definition) is 6. The molecule has 2 aromatic carbocycles. The summed E-state index contributed by atoms with van der Waals surface area (Å²) < 4.78 is 16.6. The maximum atomic E-state index is 13.7. The fraction of sp³-hybridized carbons (Fsp3) is 0.333. The van der Waals surface area contributed by atoms with E-state index in [1.54, 1.807) is 49.6 Å². The predicted molar refractivity (Wildman–Crippen MR) is 117 cm³/mol. The lowest BCUT2D eigenvalue weighted by molar-refractivity contribution is -0.121. The molecule has 0 spiro atoms. The number of carbonyl (C=O) groups is 2. The first-order valence-corrected chi connectivity index (χ1v) is 10.4. The van der Waals surface area contributed by atoms with Crippen LogP contribution in [-0.2, 0) is 14.3 Å². The molecule has 0 radical (unpaired) electrons. The highest BCUT2D eigenvalue weighted by molar-refractivity contribution is 6.45. The molecule has 0 saturated carbocycles. The van der Waals surface area contributed by atoms with Crippen LogP contribution in [0.3, 0.4) is 0 Å². The zero-order valence-corrected chi connectivity index (χ0v) is 18.0. The van der Waals surface area contributed by atoms with Crippen molar-refractivity contribution < 1.29 is 23.8 Å². The highest BCUT2D eigenvalue weighted by atomic mass is 16.5. The largest absolute Gasteiger partial charge is 0.497 e. The summed E-state index contributed by atoms with van der Waals surface area (Å²) in [6.07, 6.45) is -0.0957. The number of hydrogen-bond donors (Lipinski definition) is 0. The van der Waals surface area contributed by atoms with Crippen molar-refractivity contribution in [2.75, 3.05) is 38.3 Å². The number of ether oxygens (including phenoxy) is 3. The van der Waals surface area contributed by atoms with Gasteiger partial charge in [0.05, 0.1) is 37.7 Å². The van der Waals surface area contributed by atoms with Crippen molar-refractivity contribution >= 4 is 23.1 Å². The maximum Gasteiger partial charge on any atom is 0.282 e. The molecule has 2 amide bonds. The van der Waals surface area contributed by atoms with Crippen molar-refractivity contribution in [1.29, 1.82) is 0 Å². The number of amides is 2. The van der Waals surface area contributed by atoms with Gasteiger partial charge >= 0.3 is 0 Å². The molecular formula is C24H26N2O5. The SMILES string of the molecule is COc1ccc(C2=C(N3CCOCC3)C(=O)N(c3ccccc3OC(C)C)C2=O)cc1. The third-order valence-corrected chi connectivity index (χ3v) is 5.23. The zero-order chi connectivity index (χ0) is 22.0. The molecule has 162 valence electrons. The molecule has 0 aromatic heterocycles.